The van der Waals surface area contributed by atoms with Crippen LogP contribution in [0.3, 0.4) is 0 Å². The minimum atomic E-state index is -0.0410. The minimum absolute atomic E-state index is 0.0410. The predicted octanol–water partition coefficient (Wildman–Crippen LogP) is 1.91. The molecule has 20 heavy (non-hydrogen) atoms. The highest BCUT2D eigenvalue weighted by atomic mass is 16.1. The van der Waals surface area contributed by atoms with Gasteiger partial charge >= 0.3 is 0 Å². The van der Waals surface area contributed by atoms with E-state index in [1.165, 1.54) is 0 Å². The van der Waals surface area contributed by atoms with Gasteiger partial charge in [0.25, 0.3) is 5.91 Å². The molecule has 0 aliphatic heterocycles. The third kappa shape index (κ3) is 2.99. The summed E-state index contributed by atoms with van der Waals surface area (Å²) < 4.78 is 1.94. The quantitative estimate of drug-likeness (QED) is 0.906. The van der Waals surface area contributed by atoms with Crippen molar-refractivity contribution in [1.82, 2.24) is 20.0 Å². The van der Waals surface area contributed by atoms with E-state index in [1.54, 1.807) is 6.20 Å². The zero-order valence-corrected chi connectivity index (χ0v) is 12.6. The monoisotopic (exact) mass is 274 g/mol. The molecule has 5 nitrogen and oxygen atoms in total. The highest BCUT2D eigenvalue weighted by Gasteiger charge is 2.13. The lowest BCUT2D eigenvalue weighted by molar-refractivity contribution is 0.0952. The van der Waals surface area contributed by atoms with E-state index in [4.69, 9.17) is 0 Å². The van der Waals surface area contributed by atoms with Crippen LogP contribution >= 0.6 is 0 Å². The van der Waals surface area contributed by atoms with Crippen LogP contribution in [0, 0.1) is 0 Å². The van der Waals surface area contributed by atoms with Gasteiger partial charge in [0.05, 0.1) is 17.3 Å². The number of hydrogen-bond donors (Lipinski definition) is 1. The maximum atomic E-state index is 12.3. The number of likely N-dealkylation sites (N-methyl/N-ethyl adjacent to an activating group) is 1. The lowest BCUT2D eigenvalue weighted by atomic mass is 10.1. The smallest absolute Gasteiger partial charge is 0.252 e. The lowest BCUT2D eigenvalue weighted by Crippen LogP contribution is -2.31. The van der Waals surface area contributed by atoms with Crippen LogP contribution in [0.2, 0.25) is 0 Å². The molecule has 0 bridgehead atoms. The molecule has 5 heteroatoms. The van der Waals surface area contributed by atoms with Gasteiger partial charge < -0.3 is 10.2 Å². The van der Waals surface area contributed by atoms with Crippen molar-refractivity contribution in [2.75, 3.05) is 27.2 Å². The Morgan fingerprint density at radius 3 is 2.80 bits per heavy atom. The van der Waals surface area contributed by atoms with Crippen LogP contribution in [0.15, 0.2) is 24.4 Å². The summed E-state index contributed by atoms with van der Waals surface area (Å²) in [5.74, 6) is -0.0410. The SMILES string of the molecule is CC(C)n1ncc2c(C(=O)NCCN(C)C)cccc21. The molecule has 1 aromatic heterocycles. The molecule has 0 saturated heterocycles. The molecule has 0 atom stereocenters. The molecule has 1 aromatic carbocycles. The summed E-state index contributed by atoms with van der Waals surface area (Å²) >= 11 is 0. The fourth-order valence-corrected chi connectivity index (χ4v) is 2.17. The van der Waals surface area contributed by atoms with Gasteiger partial charge in [-0.2, -0.15) is 5.10 Å². The first kappa shape index (κ1) is 14.5. The predicted molar refractivity (Wildman–Crippen MR) is 81.0 cm³/mol. The molecular weight excluding hydrogens is 252 g/mol. The van der Waals surface area contributed by atoms with Gasteiger partial charge in [-0.3, -0.25) is 9.48 Å². The summed E-state index contributed by atoms with van der Waals surface area (Å²) in [7, 11) is 3.97. The Morgan fingerprint density at radius 1 is 1.40 bits per heavy atom. The number of fused-ring (bicyclic) bond motifs is 1. The first-order chi connectivity index (χ1) is 9.50. The number of hydrogen-bond acceptors (Lipinski definition) is 3. The standard InChI is InChI=1S/C15H22N4O/c1-11(2)19-14-7-5-6-12(13(14)10-17-19)15(20)16-8-9-18(3)4/h5-7,10-11H,8-9H2,1-4H3,(H,16,20). The molecule has 1 N–H and O–H groups in total. The number of nitrogens with one attached hydrogen (secondary N) is 1. The molecule has 0 fully saturated rings. The average molecular weight is 274 g/mol. The number of benzene rings is 1. The van der Waals surface area contributed by atoms with Gasteiger partial charge in [-0.05, 0) is 40.1 Å². The van der Waals surface area contributed by atoms with Crippen molar-refractivity contribution in [2.45, 2.75) is 19.9 Å². The second-order valence-corrected chi connectivity index (χ2v) is 5.48. The van der Waals surface area contributed by atoms with E-state index in [2.05, 4.69) is 24.3 Å². The fraction of sp³-hybridized carbons (Fsp3) is 0.467. The number of carbonyl (C=O) groups excluding carboxylic acids is 1. The Bertz CT molecular complexity index is 601. The Morgan fingerprint density at radius 2 is 2.15 bits per heavy atom. The second-order valence-electron chi connectivity index (χ2n) is 5.48. The van der Waals surface area contributed by atoms with E-state index >= 15 is 0 Å². The highest BCUT2D eigenvalue weighted by molar-refractivity contribution is 6.06. The molecule has 0 aliphatic carbocycles. The van der Waals surface area contributed by atoms with Gasteiger partial charge in [0, 0.05) is 24.5 Å². The number of rotatable bonds is 5. The van der Waals surface area contributed by atoms with Crippen molar-refractivity contribution in [3.05, 3.63) is 30.0 Å². The van der Waals surface area contributed by atoms with Crippen LogP contribution in [0.25, 0.3) is 10.9 Å². The third-order valence-corrected chi connectivity index (χ3v) is 3.22. The van der Waals surface area contributed by atoms with Crippen LogP contribution in [-0.4, -0.2) is 47.8 Å². The molecule has 0 radical (unpaired) electrons. The van der Waals surface area contributed by atoms with E-state index in [-0.39, 0.29) is 11.9 Å². The Kier molecular flexibility index (Phi) is 4.39. The molecular formula is C15H22N4O. The Labute approximate surface area is 119 Å². The van der Waals surface area contributed by atoms with Crippen LogP contribution < -0.4 is 5.32 Å². The van der Waals surface area contributed by atoms with E-state index in [1.807, 2.05) is 41.9 Å². The van der Waals surface area contributed by atoms with Crippen molar-refractivity contribution in [1.29, 1.82) is 0 Å². The van der Waals surface area contributed by atoms with Gasteiger partial charge in [-0.1, -0.05) is 6.07 Å². The highest BCUT2D eigenvalue weighted by Crippen LogP contribution is 2.21. The molecule has 2 rings (SSSR count). The van der Waals surface area contributed by atoms with Crippen LogP contribution in [0.4, 0.5) is 0 Å². The van der Waals surface area contributed by atoms with Crippen molar-refractivity contribution in [3.8, 4) is 0 Å². The number of nitrogens with zero attached hydrogens (tertiary/aromatic N) is 3. The first-order valence-electron chi connectivity index (χ1n) is 6.90. The summed E-state index contributed by atoms with van der Waals surface area (Å²) in [5.41, 5.74) is 1.69. The van der Waals surface area contributed by atoms with Gasteiger partial charge in [0.15, 0.2) is 0 Å². The summed E-state index contributed by atoms with van der Waals surface area (Å²) in [6, 6.07) is 6.03. The van der Waals surface area contributed by atoms with E-state index < -0.39 is 0 Å². The zero-order valence-electron chi connectivity index (χ0n) is 12.6. The molecule has 0 aliphatic rings. The maximum Gasteiger partial charge on any atom is 0.252 e. The third-order valence-electron chi connectivity index (χ3n) is 3.22. The maximum absolute atomic E-state index is 12.3. The molecule has 108 valence electrons. The molecule has 0 unspecified atom stereocenters. The number of amides is 1. The van der Waals surface area contributed by atoms with E-state index in [0.717, 1.165) is 17.4 Å². The lowest BCUT2D eigenvalue weighted by Gasteiger charge is -2.11. The van der Waals surface area contributed by atoms with Crippen molar-refractivity contribution in [2.24, 2.45) is 0 Å². The van der Waals surface area contributed by atoms with Crippen molar-refractivity contribution < 1.29 is 4.79 Å². The normalized spacial score (nSPS) is 11.5. The molecule has 0 spiro atoms. The second kappa shape index (κ2) is 6.05. The summed E-state index contributed by atoms with van der Waals surface area (Å²) in [4.78, 5) is 14.3. The molecule has 2 aromatic rings. The summed E-state index contributed by atoms with van der Waals surface area (Å²) in [5, 5.41) is 8.22. The van der Waals surface area contributed by atoms with Crippen molar-refractivity contribution >= 4 is 16.8 Å². The average Bonchev–Trinajstić information content (AvgIpc) is 2.81. The van der Waals surface area contributed by atoms with Gasteiger partial charge in [0.2, 0.25) is 0 Å². The first-order valence-corrected chi connectivity index (χ1v) is 6.90. The summed E-state index contributed by atoms with van der Waals surface area (Å²) in [6.07, 6.45) is 1.77. The Balaban J connectivity index is 2.24. The van der Waals surface area contributed by atoms with Crippen LogP contribution in [0.1, 0.15) is 30.2 Å². The van der Waals surface area contributed by atoms with Gasteiger partial charge in [0.1, 0.15) is 0 Å². The topological polar surface area (TPSA) is 50.2 Å². The Hall–Kier alpha value is -1.88. The zero-order chi connectivity index (χ0) is 14.7. The van der Waals surface area contributed by atoms with Crippen LogP contribution in [0.5, 0.6) is 0 Å². The van der Waals surface area contributed by atoms with E-state index in [9.17, 15) is 4.79 Å². The molecule has 1 amide bonds. The van der Waals surface area contributed by atoms with E-state index in [0.29, 0.717) is 12.1 Å². The largest absolute Gasteiger partial charge is 0.351 e. The number of carbonyl (C=O) groups is 1. The fourth-order valence-electron chi connectivity index (χ4n) is 2.17. The number of aromatic nitrogens is 2. The van der Waals surface area contributed by atoms with Gasteiger partial charge in [-0.15, -0.1) is 0 Å². The minimum Gasteiger partial charge on any atom is -0.351 e. The van der Waals surface area contributed by atoms with Crippen molar-refractivity contribution in [3.63, 3.8) is 0 Å². The molecule has 1 heterocycles. The molecule has 0 saturated carbocycles. The summed E-state index contributed by atoms with van der Waals surface area (Å²) in [6.45, 7) is 5.63. The van der Waals surface area contributed by atoms with Gasteiger partial charge in [-0.25, -0.2) is 0 Å². The van der Waals surface area contributed by atoms with Crippen LogP contribution in [-0.2, 0) is 0 Å².